The molecule has 0 aromatic heterocycles. The number of benzene rings is 3. The van der Waals surface area contributed by atoms with Gasteiger partial charge in [0.15, 0.2) is 11.5 Å². The number of carbonyl (C=O) groups is 1. The molecular weight excluding hydrogens is 482 g/mol. The molecule has 36 heavy (non-hydrogen) atoms. The molecule has 3 aromatic carbocycles. The monoisotopic (exact) mass is 499 g/mol. The van der Waals surface area contributed by atoms with Gasteiger partial charge in [-0.25, -0.2) is 9.80 Å². The van der Waals surface area contributed by atoms with E-state index in [9.17, 15) is 22.4 Å². The van der Waals surface area contributed by atoms with Crippen molar-refractivity contribution in [3.05, 3.63) is 83.4 Å². The Hall–Kier alpha value is -4.28. The van der Waals surface area contributed by atoms with Crippen molar-refractivity contribution < 1.29 is 36.6 Å². The third-order valence-corrected chi connectivity index (χ3v) is 6.19. The summed E-state index contributed by atoms with van der Waals surface area (Å²) in [7, 11) is 0. The molecule has 1 N–H and O–H groups in total. The fourth-order valence-electron chi connectivity index (χ4n) is 4.38. The number of hydrogen-bond donors (Lipinski definition) is 1. The third-order valence-electron chi connectivity index (χ3n) is 6.19. The van der Waals surface area contributed by atoms with E-state index in [0.29, 0.717) is 17.2 Å². The second kappa shape index (κ2) is 7.87. The molecule has 7 nitrogen and oxygen atoms in total. The standard InChI is InChI=1S/C25H17F4N3O4/c26-24(27)18-11-16(7-9-19(18)36-25(24,28)29)30-23(33)32-12-17(22(31-32)14-4-2-1-3-5-14)15-6-8-20-21(10-15)35-13-34-20/h1-11,17H,12-13H2,(H,30,33). The van der Waals surface area contributed by atoms with Crippen LogP contribution < -0.4 is 19.5 Å². The number of ether oxygens (including phenoxy) is 3. The number of fused-ring (bicyclic) bond motifs is 2. The van der Waals surface area contributed by atoms with Crippen LogP contribution in [0.5, 0.6) is 17.2 Å². The van der Waals surface area contributed by atoms with Crippen LogP contribution in [0.15, 0.2) is 71.8 Å². The zero-order chi connectivity index (χ0) is 25.1. The molecule has 3 heterocycles. The van der Waals surface area contributed by atoms with Gasteiger partial charge in [-0.05, 0) is 41.5 Å². The van der Waals surface area contributed by atoms with E-state index >= 15 is 0 Å². The van der Waals surface area contributed by atoms with Crippen LogP contribution in [0.3, 0.4) is 0 Å². The molecule has 184 valence electrons. The maximum Gasteiger partial charge on any atom is 0.469 e. The zero-order valence-electron chi connectivity index (χ0n) is 18.4. The van der Waals surface area contributed by atoms with Gasteiger partial charge >= 0.3 is 18.1 Å². The first kappa shape index (κ1) is 22.2. The molecule has 0 fully saturated rings. The molecule has 2 amide bonds. The Kier molecular flexibility index (Phi) is 4.85. The van der Waals surface area contributed by atoms with Gasteiger partial charge in [0, 0.05) is 11.6 Å². The van der Waals surface area contributed by atoms with Gasteiger partial charge in [-0.2, -0.15) is 22.7 Å². The van der Waals surface area contributed by atoms with Crippen LogP contribution in [0.2, 0.25) is 0 Å². The first-order valence-electron chi connectivity index (χ1n) is 10.9. The molecule has 6 rings (SSSR count). The van der Waals surface area contributed by atoms with Crippen LogP contribution in [0.25, 0.3) is 0 Å². The lowest BCUT2D eigenvalue weighted by Crippen LogP contribution is -2.37. The summed E-state index contributed by atoms with van der Waals surface area (Å²) in [5.41, 5.74) is 1.17. The van der Waals surface area contributed by atoms with Crippen LogP contribution in [0.4, 0.5) is 28.0 Å². The maximum atomic E-state index is 14.1. The zero-order valence-corrected chi connectivity index (χ0v) is 18.4. The Morgan fingerprint density at radius 3 is 2.50 bits per heavy atom. The number of nitrogens with zero attached hydrogens (tertiary/aromatic N) is 2. The Morgan fingerprint density at radius 2 is 1.69 bits per heavy atom. The number of anilines is 1. The van der Waals surface area contributed by atoms with Crippen molar-refractivity contribution in [3.8, 4) is 17.2 Å². The van der Waals surface area contributed by atoms with E-state index in [1.54, 1.807) is 6.07 Å². The normalized spacial score (nSPS) is 20.5. The van der Waals surface area contributed by atoms with Gasteiger partial charge in [-0.1, -0.05) is 36.4 Å². The predicted molar refractivity (Wildman–Crippen MR) is 120 cm³/mol. The quantitative estimate of drug-likeness (QED) is 0.482. The highest BCUT2D eigenvalue weighted by Gasteiger charge is 2.66. The minimum Gasteiger partial charge on any atom is -0.454 e. The lowest BCUT2D eigenvalue weighted by Gasteiger charge is -2.17. The Balaban J connectivity index is 1.28. The molecule has 0 saturated carbocycles. The molecule has 0 aliphatic carbocycles. The lowest BCUT2D eigenvalue weighted by atomic mass is 9.90. The number of hydrogen-bond acceptors (Lipinski definition) is 5. The number of alkyl halides is 4. The molecule has 0 spiro atoms. The summed E-state index contributed by atoms with van der Waals surface area (Å²) < 4.78 is 70.2. The van der Waals surface area contributed by atoms with E-state index < -0.39 is 29.4 Å². The molecular formula is C25H17F4N3O4. The highest BCUT2D eigenvalue weighted by molar-refractivity contribution is 6.08. The molecule has 11 heteroatoms. The summed E-state index contributed by atoms with van der Waals surface area (Å²) in [4.78, 5) is 13.0. The molecule has 3 aromatic rings. The van der Waals surface area contributed by atoms with Crippen molar-refractivity contribution in [2.24, 2.45) is 5.10 Å². The van der Waals surface area contributed by atoms with Crippen molar-refractivity contribution in [1.82, 2.24) is 5.01 Å². The lowest BCUT2D eigenvalue weighted by molar-refractivity contribution is -0.296. The Morgan fingerprint density at radius 1 is 0.944 bits per heavy atom. The van der Waals surface area contributed by atoms with E-state index in [-0.39, 0.29) is 24.9 Å². The third kappa shape index (κ3) is 3.50. The van der Waals surface area contributed by atoms with Crippen LogP contribution in [-0.4, -0.2) is 36.2 Å². The maximum absolute atomic E-state index is 14.1. The molecule has 0 saturated heterocycles. The molecule has 3 aliphatic rings. The highest BCUT2D eigenvalue weighted by Crippen LogP contribution is 2.53. The van der Waals surface area contributed by atoms with Crippen molar-refractivity contribution in [1.29, 1.82) is 0 Å². The van der Waals surface area contributed by atoms with Gasteiger partial charge in [-0.15, -0.1) is 0 Å². The van der Waals surface area contributed by atoms with E-state index in [2.05, 4.69) is 15.2 Å². The summed E-state index contributed by atoms with van der Waals surface area (Å²) >= 11 is 0. The second-order valence-corrected chi connectivity index (χ2v) is 8.43. The van der Waals surface area contributed by atoms with E-state index in [1.165, 1.54) is 11.1 Å². The highest BCUT2D eigenvalue weighted by atomic mass is 19.3. The smallest absolute Gasteiger partial charge is 0.454 e. The van der Waals surface area contributed by atoms with Crippen molar-refractivity contribution in [2.75, 3.05) is 18.7 Å². The number of amides is 2. The van der Waals surface area contributed by atoms with Crippen molar-refractivity contribution in [3.63, 3.8) is 0 Å². The summed E-state index contributed by atoms with van der Waals surface area (Å²) in [6.07, 6.45) is -4.67. The van der Waals surface area contributed by atoms with Gasteiger partial charge < -0.3 is 19.5 Å². The van der Waals surface area contributed by atoms with E-state index in [0.717, 1.165) is 23.3 Å². The number of nitrogens with one attached hydrogen (secondary N) is 1. The summed E-state index contributed by atoms with van der Waals surface area (Å²) in [5.74, 6) is -4.28. The number of urea groups is 1. The largest absolute Gasteiger partial charge is 0.469 e. The summed E-state index contributed by atoms with van der Waals surface area (Å²) in [6.45, 7) is 0.270. The van der Waals surface area contributed by atoms with Crippen molar-refractivity contribution >= 4 is 17.4 Å². The number of carbonyl (C=O) groups excluding carboxylic acids is 1. The van der Waals surface area contributed by atoms with Gasteiger partial charge in [0.1, 0.15) is 5.75 Å². The SMILES string of the molecule is O=C(Nc1ccc2c(c1)C(F)(F)C(F)(F)O2)N1CC(c2ccc3c(c2)OCO3)C(c2ccccc2)=N1. The minimum atomic E-state index is -4.67. The fraction of sp³-hybridized carbons (Fsp3) is 0.200. The summed E-state index contributed by atoms with van der Waals surface area (Å²) in [5, 5.41) is 8.14. The van der Waals surface area contributed by atoms with Crippen LogP contribution in [-0.2, 0) is 5.92 Å². The molecule has 3 aliphatic heterocycles. The van der Waals surface area contributed by atoms with Crippen LogP contribution in [0.1, 0.15) is 22.6 Å². The van der Waals surface area contributed by atoms with Gasteiger partial charge in [0.25, 0.3) is 0 Å². The average molecular weight is 499 g/mol. The molecule has 0 radical (unpaired) electrons. The van der Waals surface area contributed by atoms with Gasteiger partial charge in [-0.3, -0.25) is 0 Å². The van der Waals surface area contributed by atoms with Crippen molar-refractivity contribution in [2.45, 2.75) is 17.9 Å². The first-order valence-corrected chi connectivity index (χ1v) is 10.9. The predicted octanol–water partition coefficient (Wildman–Crippen LogP) is 5.53. The summed E-state index contributed by atoms with van der Waals surface area (Å²) in [6, 6.07) is 17.0. The fourth-order valence-corrected chi connectivity index (χ4v) is 4.38. The van der Waals surface area contributed by atoms with Gasteiger partial charge in [0.05, 0.1) is 17.8 Å². The number of rotatable bonds is 3. The topological polar surface area (TPSA) is 72.4 Å². The van der Waals surface area contributed by atoms with Crippen LogP contribution >= 0.6 is 0 Å². The van der Waals surface area contributed by atoms with Crippen LogP contribution in [0, 0.1) is 0 Å². The Labute approximate surface area is 201 Å². The number of hydrazone groups is 1. The van der Waals surface area contributed by atoms with Gasteiger partial charge in [0.2, 0.25) is 6.79 Å². The first-order chi connectivity index (χ1) is 17.2. The minimum absolute atomic E-state index is 0.0947. The second-order valence-electron chi connectivity index (χ2n) is 8.43. The van der Waals surface area contributed by atoms with E-state index in [1.807, 2.05) is 42.5 Å². The van der Waals surface area contributed by atoms with E-state index in [4.69, 9.17) is 9.47 Å². The molecule has 1 unspecified atom stereocenters. The molecule has 0 bridgehead atoms. The average Bonchev–Trinajstić information content (AvgIpc) is 3.55. The molecule has 1 atom stereocenters. The Bertz CT molecular complexity index is 1400. The number of halogens is 4.